The third-order valence-electron chi connectivity index (χ3n) is 4.50. The maximum absolute atomic E-state index is 13.0. The zero-order chi connectivity index (χ0) is 20.2. The van der Waals surface area contributed by atoms with Gasteiger partial charge in [-0.2, -0.15) is 0 Å². The highest BCUT2D eigenvalue weighted by Crippen LogP contribution is 2.24. The number of anilines is 2. The standard InChI is InChI=1S/C23H19FN2O3/c1-28-20-9-6-18(7-10-20)26-23(27)22-13-16-12-19(8-11-21(16)29-22)25-14-15-2-4-17(24)5-3-15/h2-13,25H,14H2,1H3,(H,26,27). The fourth-order valence-corrected chi connectivity index (χ4v) is 2.94. The second kappa shape index (κ2) is 8.06. The molecule has 1 heterocycles. The predicted molar refractivity (Wildman–Crippen MR) is 111 cm³/mol. The van der Waals surface area contributed by atoms with Crippen molar-refractivity contribution in [2.75, 3.05) is 17.7 Å². The minimum atomic E-state index is -0.327. The fraction of sp³-hybridized carbons (Fsp3) is 0.0870. The number of furan rings is 1. The molecule has 0 aliphatic rings. The maximum Gasteiger partial charge on any atom is 0.291 e. The first-order valence-corrected chi connectivity index (χ1v) is 9.08. The van der Waals surface area contributed by atoms with E-state index in [1.165, 1.54) is 12.1 Å². The molecule has 0 fully saturated rings. The van der Waals surface area contributed by atoms with E-state index in [2.05, 4.69) is 10.6 Å². The van der Waals surface area contributed by atoms with Crippen molar-refractivity contribution in [2.24, 2.45) is 0 Å². The average Bonchev–Trinajstić information content (AvgIpc) is 3.17. The van der Waals surface area contributed by atoms with Crippen molar-refractivity contribution in [1.29, 1.82) is 0 Å². The van der Waals surface area contributed by atoms with E-state index >= 15 is 0 Å². The number of halogens is 1. The zero-order valence-electron chi connectivity index (χ0n) is 15.7. The van der Waals surface area contributed by atoms with Gasteiger partial charge in [0.1, 0.15) is 17.1 Å². The molecular weight excluding hydrogens is 371 g/mol. The van der Waals surface area contributed by atoms with E-state index in [0.717, 1.165) is 16.6 Å². The highest BCUT2D eigenvalue weighted by atomic mass is 19.1. The number of fused-ring (bicyclic) bond motifs is 1. The van der Waals surface area contributed by atoms with Crippen LogP contribution >= 0.6 is 0 Å². The van der Waals surface area contributed by atoms with E-state index in [0.29, 0.717) is 23.6 Å². The van der Waals surface area contributed by atoms with Crippen LogP contribution in [0.2, 0.25) is 0 Å². The lowest BCUT2D eigenvalue weighted by molar-refractivity contribution is 0.0998. The predicted octanol–water partition coefficient (Wildman–Crippen LogP) is 5.44. The molecule has 0 bridgehead atoms. The maximum atomic E-state index is 13.0. The van der Waals surface area contributed by atoms with Crippen LogP contribution in [0.15, 0.2) is 77.2 Å². The van der Waals surface area contributed by atoms with Gasteiger partial charge in [-0.05, 0) is 66.2 Å². The Hall–Kier alpha value is -3.80. The minimum Gasteiger partial charge on any atom is -0.497 e. The summed E-state index contributed by atoms with van der Waals surface area (Å²) in [6.07, 6.45) is 0. The Kier molecular flexibility index (Phi) is 5.16. The van der Waals surface area contributed by atoms with Crippen LogP contribution in [-0.4, -0.2) is 13.0 Å². The van der Waals surface area contributed by atoms with Gasteiger partial charge < -0.3 is 19.8 Å². The van der Waals surface area contributed by atoms with E-state index in [4.69, 9.17) is 9.15 Å². The van der Waals surface area contributed by atoms with Crippen LogP contribution in [0.1, 0.15) is 16.1 Å². The van der Waals surface area contributed by atoms with Gasteiger partial charge in [-0.25, -0.2) is 4.39 Å². The normalized spacial score (nSPS) is 10.7. The van der Waals surface area contributed by atoms with Crippen LogP contribution in [0.5, 0.6) is 5.75 Å². The molecule has 5 nitrogen and oxygen atoms in total. The monoisotopic (exact) mass is 390 g/mol. The van der Waals surface area contributed by atoms with Gasteiger partial charge in [0.15, 0.2) is 5.76 Å². The van der Waals surface area contributed by atoms with Gasteiger partial charge >= 0.3 is 0 Å². The first-order valence-electron chi connectivity index (χ1n) is 9.08. The summed E-state index contributed by atoms with van der Waals surface area (Å²) in [4.78, 5) is 12.5. The number of rotatable bonds is 6. The van der Waals surface area contributed by atoms with Gasteiger partial charge in [0.05, 0.1) is 7.11 Å². The van der Waals surface area contributed by atoms with Gasteiger partial charge in [-0.1, -0.05) is 12.1 Å². The van der Waals surface area contributed by atoms with Crippen molar-refractivity contribution in [1.82, 2.24) is 0 Å². The van der Waals surface area contributed by atoms with Crippen LogP contribution in [0.25, 0.3) is 11.0 Å². The molecule has 0 aliphatic carbocycles. The molecule has 0 atom stereocenters. The lowest BCUT2D eigenvalue weighted by Crippen LogP contribution is -2.10. The highest BCUT2D eigenvalue weighted by Gasteiger charge is 2.13. The van der Waals surface area contributed by atoms with E-state index in [1.807, 2.05) is 18.2 Å². The molecule has 0 aliphatic heterocycles. The molecule has 146 valence electrons. The van der Waals surface area contributed by atoms with Crippen molar-refractivity contribution in [3.8, 4) is 5.75 Å². The number of hydrogen-bond donors (Lipinski definition) is 2. The number of ether oxygens (including phenoxy) is 1. The summed E-state index contributed by atoms with van der Waals surface area (Å²) in [6, 6.07) is 20.7. The number of methoxy groups -OCH3 is 1. The summed E-state index contributed by atoms with van der Waals surface area (Å²) >= 11 is 0. The van der Waals surface area contributed by atoms with Crippen molar-refractivity contribution in [2.45, 2.75) is 6.54 Å². The van der Waals surface area contributed by atoms with Gasteiger partial charge in [0.2, 0.25) is 0 Å². The van der Waals surface area contributed by atoms with Crippen molar-refractivity contribution in [3.63, 3.8) is 0 Å². The third kappa shape index (κ3) is 4.38. The molecule has 29 heavy (non-hydrogen) atoms. The van der Waals surface area contributed by atoms with Crippen LogP contribution in [-0.2, 0) is 6.54 Å². The van der Waals surface area contributed by atoms with Crippen molar-refractivity contribution in [3.05, 3.63) is 89.9 Å². The molecule has 0 unspecified atom stereocenters. The van der Waals surface area contributed by atoms with Crippen LogP contribution in [0.3, 0.4) is 0 Å². The SMILES string of the molecule is COc1ccc(NC(=O)c2cc3cc(NCc4ccc(F)cc4)ccc3o2)cc1. The molecule has 4 rings (SSSR count). The Morgan fingerprint density at radius 3 is 2.41 bits per heavy atom. The molecule has 0 saturated heterocycles. The first-order chi connectivity index (χ1) is 14.1. The minimum absolute atomic E-state index is 0.228. The van der Waals surface area contributed by atoms with E-state index in [1.54, 1.807) is 49.6 Å². The molecule has 2 N–H and O–H groups in total. The third-order valence-corrected chi connectivity index (χ3v) is 4.50. The second-order valence-corrected chi connectivity index (χ2v) is 6.53. The van der Waals surface area contributed by atoms with Crippen LogP contribution in [0, 0.1) is 5.82 Å². The summed E-state index contributed by atoms with van der Waals surface area (Å²) in [5.74, 6) is 0.361. The second-order valence-electron chi connectivity index (χ2n) is 6.53. The first kappa shape index (κ1) is 18.6. The van der Waals surface area contributed by atoms with Gasteiger partial charge in [0.25, 0.3) is 5.91 Å². The number of hydrogen-bond acceptors (Lipinski definition) is 4. The Bertz CT molecular complexity index is 1140. The van der Waals surface area contributed by atoms with Crippen LogP contribution in [0.4, 0.5) is 15.8 Å². The Balaban J connectivity index is 1.45. The van der Waals surface area contributed by atoms with Gasteiger partial charge in [0, 0.05) is 23.3 Å². The molecule has 0 radical (unpaired) electrons. The smallest absolute Gasteiger partial charge is 0.291 e. The molecule has 1 amide bonds. The molecular formula is C23H19FN2O3. The summed E-state index contributed by atoms with van der Waals surface area (Å²) in [7, 11) is 1.59. The van der Waals surface area contributed by atoms with Crippen molar-refractivity contribution >= 4 is 28.3 Å². The Labute approximate surface area is 167 Å². The highest BCUT2D eigenvalue weighted by molar-refractivity contribution is 6.04. The molecule has 1 aromatic heterocycles. The largest absolute Gasteiger partial charge is 0.497 e. The number of carbonyl (C=O) groups excluding carboxylic acids is 1. The summed E-state index contributed by atoms with van der Waals surface area (Å²) < 4.78 is 23.8. The van der Waals surface area contributed by atoms with Gasteiger partial charge in [-0.3, -0.25) is 4.79 Å². The van der Waals surface area contributed by atoms with Gasteiger partial charge in [-0.15, -0.1) is 0 Å². The Morgan fingerprint density at radius 1 is 0.966 bits per heavy atom. The van der Waals surface area contributed by atoms with Crippen molar-refractivity contribution < 1.29 is 18.3 Å². The van der Waals surface area contributed by atoms with E-state index in [9.17, 15) is 9.18 Å². The number of carbonyl (C=O) groups is 1. The number of nitrogens with one attached hydrogen (secondary N) is 2. The molecule has 0 saturated carbocycles. The lowest BCUT2D eigenvalue weighted by Gasteiger charge is -2.06. The molecule has 3 aromatic carbocycles. The number of benzene rings is 3. The quantitative estimate of drug-likeness (QED) is 0.460. The summed E-state index contributed by atoms with van der Waals surface area (Å²) in [5, 5.41) is 6.90. The average molecular weight is 390 g/mol. The zero-order valence-corrected chi connectivity index (χ0v) is 15.7. The van der Waals surface area contributed by atoms with E-state index in [-0.39, 0.29) is 17.5 Å². The fourth-order valence-electron chi connectivity index (χ4n) is 2.94. The molecule has 0 spiro atoms. The van der Waals surface area contributed by atoms with E-state index < -0.39 is 0 Å². The van der Waals surface area contributed by atoms with Crippen LogP contribution < -0.4 is 15.4 Å². The molecule has 6 heteroatoms. The lowest BCUT2D eigenvalue weighted by atomic mass is 10.2. The number of amides is 1. The Morgan fingerprint density at radius 2 is 1.69 bits per heavy atom. The summed E-state index contributed by atoms with van der Waals surface area (Å²) in [6.45, 7) is 0.564. The molecule has 4 aromatic rings. The topological polar surface area (TPSA) is 63.5 Å². The summed E-state index contributed by atoms with van der Waals surface area (Å²) in [5.41, 5.74) is 3.12.